The van der Waals surface area contributed by atoms with Crippen molar-refractivity contribution < 1.29 is 14.2 Å². The zero-order chi connectivity index (χ0) is 22.1. The van der Waals surface area contributed by atoms with Gasteiger partial charge in [-0.15, -0.1) is 0 Å². The van der Waals surface area contributed by atoms with E-state index < -0.39 is 0 Å². The van der Waals surface area contributed by atoms with Crippen LogP contribution in [-0.4, -0.2) is 19.3 Å². The first-order valence-electron chi connectivity index (χ1n) is 10.9. The van der Waals surface area contributed by atoms with Crippen molar-refractivity contribution in [2.24, 2.45) is 11.3 Å². The Labute approximate surface area is 187 Å². The fraction of sp³-hybridized carbons (Fsp3) is 0.538. The van der Waals surface area contributed by atoms with Crippen LogP contribution in [0.2, 0.25) is 0 Å². The Bertz CT molecular complexity index is 734. The molecule has 3 unspecified atom stereocenters. The summed E-state index contributed by atoms with van der Waals surface area (Å²) in [5.41, 5.74) is 1.71. The molecule has 0 radical (unpaired) electrons. The summed E-state index contributed by atoms with van der Waals surface area (Å²) in [6, 6.07) is 16.6. The molecular formula is C26H38O3S. The van der Waals surface area contributed by atoms with E-state index in [1.165, 1.54) is 18.4 Å². The Balaban J connectivity index is 1.87. The summed E-state index contributed by atoms with van der Waals surface area (Å²) < 4.78 is 17.0. The minimum absolute atomic E-state index is 0.304. The van der Waals surface area contributed by atoms with Crippen molar-refractivity contribution in [3.8, 4) is 11.5 Å². The van der Waals surface area contributed by atoms with Gasteiger partial charge in [0.25, 0.3) is 0 Å². The van der Waals surface area contributed by atoms with Crippen molar-refractivity contribution in [3.05, 3.63) is 54.1 Å². The van der Waals surface area contributed by atoms with Gasteiger partial charge in [-0.2, -0.15) is 0 Å². The molecule has 0 aliphatic rings. The molecule has 3 nitrogen and oxygen atoms in total. The highest BCUT2D eigenvalue weighted by molar-refractivity contribution is 7.99. The third kappa shape index (κ3) is 8.23. The summed E-state index contributed by atoms with van der Waals surface area (Å²) in [7, 11) is 1.67. The van der Waals surface area contributed by atoms with E-state index in [9.17, 15) is 0 Å². The van der Waals surface area contributed by atoms with Crippen LogP contribution >= 0.6 is 11.8 Å². The molecule has 3 atom stereocenters. The van der Waals surface area contributed by atoms with Gasteiger partial charge in [0.15, 0.2) is 6.29 Å². The molecule has 0 bridgehead atoms. The van der Waals surface area contributed by atoms with Crippen molar-refractivity contribution in [1.82, 2.24) is 0 Å². The van der Waals surface area contributed by atoms with Crippen molar-refractivity contribution in [2.45, 2.75) is 71.5 Å². The van der Waals surface area contributed by atoms with Gasteiger partial charge in [0.05, 0.1) is 7.11 Å². The van der Waals surface area contributed by atoms with Gasteiger partial charge in [0.1, 0.15) is 17.4 Å². The average Bonchev–Trinajstić information content (AvgIpc) is 2.72. The third-order valence-electron chi connectivity index (χ3n) is 5.36. The predicted octanol–water partition coefficient (Wildman–Crippen LogP) is 7.75. The second kappa shape index (κ2) is 11.7. The molecule has 4 heteroatoms. The van der Waals surface area contributed by atoms with E-state index in [4.69, 9.17) is 14.2 Å². The summed E-state index contributed by atoms with van der Waals surface area (Å²) in [6.07, 6.45) is 2.07. The zero-order valence-electron chi connectivity index (χ0n) is 19.6. The van der Waals surface area contributed by atoms with Crippen molar-refractivity contribution in [1.29, 1.82) is 0 Å². The summed E-state index contributed by atoms with van der Waals surface area (Å²) in [4.78, 5) is 1.14. The molecule has 0 aliphatic carbocycles. The summed E-state index contributed by atoms with van der Waals surface area (Å²) in [5.74, 6) is 3.47. The maximum Gasteiger partial charge on any atom is 0.197 e. The van der Waals surface area contributed by atoms with Gasteiger partial charge in [-0.3, -0.25) is 0 Å². The maximum atomic E-state index is 5.96. The molecule has 0 aliphatic heterocycles. The first-order chi connectivity index (χ1) is 14.2. The van der Waals surface area contributed by atoms with E-state index in [-0.39, 0.29) is 6.29 Å². The first kappa shape index (κ1) is 24.6. The third-order valence-corrected chi connectivity index (χ3v) is 6.22. The molecule has 0 heterocycles. The van der Waals surface area contributed by atoms with Crippen LogP contribution in [0.3, 0.4) is 0 Å². The van der Waals surface area contributed by atoms with Crippen molar-refractivity contribution >= 4 is 11.8 Å². The highest BCUT2D eigenvalue weighted by Gasteiger charge is 2.24. The predicted molar refractivity (Wildman–Crippen MR) is 128 cm³/mol. The summed E-state index contributed by atoms with van der Waals surface area (Å²) in [5, 5.41) is 0. The van der Waals surface area contributed by atoms with E-state index in [2.05, 4.69) is 58.9 Å². The molecule has 2 aromatic carbocycles. The van der Waals surface area contributed by atoms with Crippen LogP contribution in [-0.2, 0) is 4.74 Å². The fourth-order valence-electron chi connectivity index (χ4n) is 3.48. The number of thioether (sulfide) groups is 1. The van der Waals surface area contributed by atoms with Crippen LogP contribution in [0.25, 0.3) is 0 Å². The Hall–Kier alpha value is -1.65. The van der Waals surface area contributed by atoms with Crippen LogP contribution in [0.1, 0.15) is 65.9 Å². The highest BCUT2D eigenvalue weighted by atomic mass is 32.2. The van der Waals surface area contributed by atoms with E-state index in [1.807, 2.05) is 31.2 Å². The molecule has 0 amide bonds. The van der Waals surface area contributed by atoms with Crippen molar-refractivity contribution in [3.63, 3.8) is 0 Å². The lowest BCUT2D eigenvalue weighted by Gasteiger charge is -2.30. The molecule has 0 spiro atoms. The Morgan fingerprint density at radius 1 is 0.900 bits per heavy atom. The largest absolute Gasteiger partial charge is 0.497 e. The number of benzene rings is 2. The minimum Gasteiger partial charge on any atom is -0.497 e. The smallest absolute Gasteiger partial charge is 0.197 e. The van der Waals surface area contributed by atoms with E-state index in [1.54, 1.807) is 18.9 Å². The van der Waals surface area contributed by atoms with Gasteiger partial charge in [-0.25, -0.2) is 0 Å². The lowest BCUT2D eigenvalue weighted by atomic mass is 9.75. The highest BCUT2D eigenvalue weighted by Crippen LogP contribution is 2.38. The second-order valence-electron chi connectivity index (χ2n) is 9.12. The lowest BCUT2D eigenvalue weighted by molar-refractivity contribution is -0.0456. The van der Waals surface area contributed by atoms with E-state index in [0.717, 1.165) is 16.4 Å². The average molecular weight is 431 g/mol. The molecular weight excluding hydrogens is 392 g/mol. The number of methoxy groups -OCH3 is 1. The fourth-order valence-corrected chi connectivity index (χ4v) is 4.21. The molecule has 2 aromatic rings. The Morgan fingerprint density at radius 2 is 1.50 bits per heavy atom. The SMILES string of the molecule is CCC(C)C(CC(C)(C)C)c1ccc(OC(C)OCSc2ccc(OC)cc2)cc1. The molecule has 166 valence electrons. The van der Waals surface area contributed by atoms with E-state index >= 15 is 0 Å². The monoisotopic (exact) mass is 430 g/mol. The number of hydrogen-bond donors (Lipinski definition) is 0. The zero-order valence-corrected chi connectivity index (χ0v) is 20.4. The van der Waals surface area contributed by atoms with Gasteiger partial charge in [0.2, 0.25) is 0 Å². The number of ether oxygens (including phenoxy) is 3. The van der Waals surface area contributed by atoms with Crippen LogP contribution in [0.15, 0.2) is 53.4 Å². The number of hydrogen-bond acceptors (Lipinski definition) is 4. The number of rotatable bonds is 11. The first-order valence-corrected chi connectivity index (χ1v) is 11.9. The van der Waals surface area contributed by atoms with Gasteiger partial charge in [0, 0.05) is 4.90 Å². The quantitative estimate of drug-likeness (QED) is 0.269. The summed E-state index contributed by atoms with van der Waals surface area (Å²) in [6.45, 7) is 13.5. The summed E-state index contributed by atoms with van der Waals surface area (Å²) >= 11 is 1.64. The lowest BCUT2D eigenvalue weighted by Crippen LogP contribution is -2.18. The molecule has 0 saturated carbocycles. The van der Waals surface area contributed by atoms with Gasteiger partial charge < -0.3 is 14.2 Å². The van der Waals surface area contributed by atoms with Crippen LogP contribution < -0.4 is 9.47 Å². The molecule has 0 N–H and O–H groups in total. The Morgan fingerprint density at radius 3 is 2.03 bits per heavy atom. The minimum atomic E-state index is -0.304. The van der Waals surface area contributed by atoms with Crippen LogP contribution in [0.4, 0.5) is 0 Å². The van der Waals surface area contributed by atoms with Crippen LogP contribution in [0.5, 0.6) is 11.5 Å². The second-order valence-corrected chi connectivity index (χ2v) is 10.1. The Kier molecular flexibility index (Phi) is 9.57. The van der Waals surface area contributed by atoms with Crippen LogP contribution in [0, 0.1) is 11.3 Å². The van der Waals surface area contributed by atoms with Crippen molar-refractivity contribution in [2.75, 3.05) is 13.0 Å². The molecule has 30 heavy (non-hydrogen) atoms. The van der Waals surface area contributed by atoms with E-state index in [0.29, 0.717) is 23.2 Å². The molecule has 0 fully saturated rings. The van der Waals surface area contributed by atoms with Gasteiger partial charge >= 0.3 is 0 Å². The van der Waals surface area contributed by atoms with Gasteiger partial charge in [-0.05, 0) is 72.6 Å². The topological polar surface area (TPSA) is 27.7 Å². The van der Waals surface area contributed by atoms with Gasteiger partial charge in [-0.1, -0.05) is 64.9 Å². The molecule has 2 rings (SSSR count). The maximum absolute atomic E-state index is 5.96. The molecule has 0 saturated heterocycles. The standard InChI is InChI=1S/C26H38O3S/c1-8-19(2)25(17-26(4,5)6)21-9-11-23(12-10-21)29-20(3)28-18-30-24-15-13-22(27-7)14-16-24/h9-16,19-20,25H,8,17-18H2,1-7H3. The molecule has 0 aromatic heterocycles. The normalized spacial score (nSPS) is 14.8.